The van der Waals surface area contributed by atoms with Crippen LogP contribution >= 0.6 is 34.8 Å². The molecule has 17 heavy (non-hydrogen) atoms. The molecule has 0 atom stereocenters. The van der Waals surface area contributed by atoms with Crippen molar-refractivity contribution in [1.29, 1.82) is 0 Å². The minimum atomic E-state index is 0.437. The highest BCUT2D eigenvalue weighted by molar-refractivity contribution is 6.42. The van der Waals surface area contributed by atoms with E-state index in [1.807, 2.05) is 24.3 Å². The van der Waals surface area contributed by atoms with Crippen LogP contribution in [0.5, 0.6) is 0 Å². The van der Waals surface area contributed by atoms with Gasteiger partial charge in [-0.15, -0.1) is 0 Å². The van der Waals surface area contributed by atoms with Crippen LogP contribution < -0.4 is 0 Å². The van der Waals surface area contributed by atoms with E-state index in [-0.39, 0.29) is 0 Å². The first kappa shape index (κ1) is 11.2. The van der Waals surface area contributed by atoms with Crippen LogP contribution in [0, 0.1) is 12.1 Å². The number of benzene rings is 3. The van der Waals surface area contributed by atoms with Gasteiger partial charge in [0.15, 0.2) is 0 Å². The zero-order valence-electron chi connectivity index (χ0n) is 8.52. The van der Waals surface area contributed by atoms with Gasteiger partial charge in [0.25, 0.3) is 0 Å². The second-order valence-corrected chi connectivity index (χ2v) is 4.91. The van der Waals surface area contributed by atoms with Crippen molar-refractivity contribution in [3.8, 4) is 0 Å². The van der Waals surface area contributed by atoms with E-state index in [4.69, 9.17) is 34.8 Å². The smallest absolute Gasteiger partial charge is 0.0677 e. The Morgan fingerprint density at radius 3 is 2.53 bits per heavy atom. The summed E-state index contributed by atoms with van der Waals surface area (Å²) in [6, 6.07) is 15.6. The number of hydrogen-bond donors (Lipinski definition) is 0. The first-order valence-corrected chi connectivity index (χ1v) is 6.09. The van der Waals surface area contributed by atoms with Gasteiger partial charge in [-0.05, 0) is 34.4 Å². The molecule has 0 saturated heterocycles. The molecule has 0 heterocycles. The van der Waals surface area contributed by atoms with Gasteiger partial charge in [0, 0.05) is 17.5 Å². The lowest BCUT2D eigenvalue weighted by molar-refractivity contribution is 1.74. The molecule has 0 amide bonds. The summed E-state index contributed by atoms with van der Waals surface area (Å²) in [7, 11) is 0. The van der Waals surface area contributed by atoms with Crippen molar-refractivity contribution in [3.63, 3.8) is 0 Å². The van der Waals surface area contributed by atoms with Crippen molar-refractivity contribution < 1.29 is 0 Å². The maximum Gasteiger partial charge on any atom is 0.0677 e. The van der Waals surface area contributed by atoms with E-state index in [9.17, 15) is 0 Å². The van der Waals surface area contributed by atoms with Crippen molar-refractivity contribution in [3.05, 3.63) is 57.5 Å². The van der Waals surface area contributed by atoms with Gasteiger partial charge in [0.05, 0.1) is 15.1 Å². The van der Waals surface area contributed by atoms with Gasteiger partial charge in [-0.2, -0.15) is 0 Å². The molecule has 0 unspecified atom stereocenters. The molecular formula is C14H5Cl3. The second kappa shape index (κ2) is 4.06. The summed E-state index contributed by atoms with van der Waals surface area (Å²) in [5.74, 6) is 0. The van der Waals surface area contributed by atoms with Gasteiger partial charge in [-0.1, -0.05) is 46.9 Å². The third-order valence-corrected chi connectivity index (χ3v) is 3.67. The van der Waals surface area contributed by atoms with Gasteiger partial charge in [-0.25, -0.2) is 0 Å². The summed E-state index contributed by atoms with van der Waals surface area (Å²) < 4.78 is 0. The van der Waals surface area contributed by atoms with Crippen LogP contribution in [0.3, 0.4) is 0 Å². The van der Waals surface area contributed by atoms with Crippen molar-refractivity contribution >= 4 is 56.3 Å². The van der Waals surface area contributed by atoms with Crippen LogP contribution in [0.1, 0.15) is 0 Å². The topological polar surface area (TPSA) is 0 Å². The molecule has 0 aliphatic heterocycles. The minimum absolute atomic E-state index is 0.437. The summed E-state index contributed by atoms with van der Waals surface area (Å²) in [4.78, 5) is 0. The molecule has 0 saturated carbocycles. The molecule has 3 heteroatoms. The molecule has 0 bridgehead atoms. The van der Waals surface area contributed by atoms with Gasteiger partial charge in [-0.3, -0.25) is 0 Å². The fourth-order valence-corrected chi connectivity index (χ4v) is 2.40. The lowest BCUT2D eigenvalue weighted by Gasteiger charge is -2.05. The van der Waals surface area contributed by atoms with Crippen LogP contribution in [-0.2, 0) is 0 Å². The number of halogens is 3. The van der Waals surface area contributed by atoms with E-state index >= 15 is 0 Å². The van der Waals surface area contributed by atoms with Crippen LogP contribution in [0.4, 0.5) is 0 Å². The monoisotopic (exact) mass is 278 g/mol. The summed E-state index contributed by atoms with van der Waals surface area (Å²) >= 11 is 18.0. The van der Waals surface area contributed by atoms with Crippen molar-refractivity contribution in [2.75, 3.05) is 0 Å². The minimum Gasteiger partial charge on any atom is -0.0830 e. The predicted octanol–water partition coefficient (Wildman–Crippen LogP) is 5.55. The fourth-order valence-electron chi connectivity index (χ4n) is 1.85. The Bertz CT molecular complexity index is 732. The molecule has 0 aliphatic carbocycles. The van der Waals surface area contributed by atoms with Crippen LogP contribution in [0.25, 0.3) is 21.5 Å². The van der Waals surface area contributed by atoms with E-state index in [2.05, 4.69) is 12.1 Å². The van der Waals surface area contributed by atoms with Gasteiger partial charge < -0.3 is 0 Å². The summed E-state index contributed by atoms with van der Waals surface area (Å²) in [5, 5.41) is 5.42. The average molecular weight is 280 g/mol. The van der Waals surface area contributed by atoms with E-state index in [1.165, 1.54) is 0 Å². The van der Waals surface area contributed by atoms with E-state index < -0.39 is 0 Å². The molecule has 82 valence electrons. The van der Waals surface area contributed by atoms with Crippen LogP contribution in [0.15, 0.2) is 30.3 Å². The molecule has 0 aliphatic rings. The molecule has 0 N–H and O–H groups in total. The van der Waals surface area contributed by atoms with Crippen molar-refractivity contribution in [2.45, 2.75) is 0 Å². The zero-order valence-corrected chi connectivity index (χ0v) is 10.8. The summed E-state index contributed by atoms with van der Waals surface area (Å²) in [6.07, 6.45) is 0. The maximum absolute atomic E-state index is 6.10. The highest BCUT2D eigenvalue weighted by Crippen LogP contribution is 2.32. The van der Waals surface area contributed by atoms with Gasteiger partial charge in [0.1, 0.15) is 0 Å². The normalized spacial score (nSPS) is 11.2. The Labute approximate surface area is 114 Å². The lowest BCUT2D eigenvalue weighted by Crippen LogP contribution is -1.79. The Kier molecular flexibility index (Phi) is 2.67. The lowest BCUT2D eigenvalue weighted by atomic mass is 10.0. The highest BCUT2D eigenvalue weighted by atomic mass is 35.5. The SMILES string of the molecule is Clc1[c]c2cc3cc[c]c(Cl)c3cc2cc1Cl. The summed E-state index contributed by atoms with van der Waals surface area (Å²) in [6.45, 7) is 0. The van der Waals surface area contributed by atoms with Gasteiger partial charge >= 0.3 is 0 Å². The third-order valence-electron chi connectivity index (χ3n) is 2.67. The molecule has 3 aromatic carbocycles. The molecular weight excluding hydrogens is 275 g/mol. The molecule has 2 radical (unpaired) electrons. The molecule has 3 aromatic rings. The van der Waals surface area contributed by atoms with Crippen molar-refractivity contribution in [2.24, 2.45) is 0 Å². The van der Waals surface area contributed by atoms with Crippen LogP contribution in [0.2, 0.25) is 15.1 Å². The number of fused-ring (bicyclic) bond motifs is 2. The largest absolute Gasteiger partial charge is 0.0830 e. The Balaban J connectivity index is 2.48. The number of rotatable bonds is 0. The predicted molar refractivity (Wildman–Crippen MR) is 74.2 cm³/mol. The standard InChI is InChI=1S/C14H5Cl3/c15-12-3-1-2-8-4-9-6-13(16)14(17)7-10(9)5-11(8)12/h1-2,4-5,7H. The first-order valence-electron chi connectivity index (χ1n) is 4.96. The third kappa shape index (κ3) is 1.87. The molecule has 0 fully saturated rings. The number of hydrogen-bond acceptors (Lipinski definition) is 0. The van der Waals surface area contributed by atoms with E-state index in [0.29, 0.717) is 15.1 Å². The molecule has 0 spiro atoms. The Morgan fingerprint density at radius 1 is 0.882 bits per heavy atom. The van der Waals surface area contributed by atoms with E-state index in [0.717, 1.165) is 21.5 Å². The molecule has 3 rings (SSSR count). The maximum atomic E-state index is 6.10. The quantitative estimate of drug-likeness (QED) is 0.473. The Morgan fingerprint density at radius 2 is 1.71 bits per heavy atom. The summed E-state index contributed by atoms with van der Waals surface area (Å²) in [5.41, 5.74) is 0. The zero-order chi connectivity index (χ0) is 12.0. The fraction of sp³-hybridized carbons (Fsp3) is 0. The average Bonchev–Trinajstić information content (AvgIpc) is 2.29. The van der Waals surface area contributed by atoms with Crippen molar-refractivity contribution in [1.82, 2.24) is 0 Å². The highest BCUT2D eigenvalue weighted by Gasteiger charge is 2.05. The molecule has 0 aromatic heterocycles. The second-order valence-electron chi connectivity index (χ2n) is 3.75. The Hall–Kier alpha value is -0.950. The van der Waals surface area contributed by atoms with E-state index in [1.54, 1.807) is 6.07 Å². The first-order chi connectivity index (χ1) is 8.15. The van der Waals surface area contributed by atoms with Gasteiger partial charge in [0.2, 0.25) is 0 Å². The molecule has 0 nitrogen and oxygen atoms in total. The van der Waals surface area contributed by atoms with Crippen LogP contribution in [-0.4, -0.2) is 0 Å².